The Hall–Kier alpha value is -1.07. The van der Waals surface area contributed by atoms with E-state index < -0.39 is 9.84 Å². The standard InChI is InChI=1S/C20H30N4O3S3/c1-2-3-9-22(16-8-12-30(25,26)14-16)15-24-20(28)23(13-17-6-4-10-27-17)19(21-24)18-7-5-11-29-18/h5,7,11,16-17H,2-4,6,8-10,12-15H2,1H3. The molecule has 2 aromatic rings. The second-order valence-electron chi connectivity index (χ2n) is 8.19. The van der Waals surface area contributed by atoms with Gasteiger partial charge in [0.2, 0.25) is 0 Å². The molecule has 2 aliphatic rings. The summed E-state index contributed by atoms with van der Waals surface area (Å²) >= 11 is 7.49. The van der Waals surface area contributed by atoms with Gasteiger partial charge in [0.25, 0.3) is 0 Å². The predicted octanol–water partition coefficient (Wildman–Crippen LogP) is 3.57. The Kier molecular flexibility index (Phi) is 7.08. The van der Waals surface area contributed by atoms with Crippen LogP contribution in [0, 0.1) is 4.77 Å². The molecular formula is C20H30N4O3S3. The van der Waals surface area contributed by atoms with Crippen LogP contribution in [-0.4, -0.2) is 64.5 Å². The van der Waals surface area contributed by atoms with Gasteiger partial charge in [-0.1, -0.05) is 19.4 Å². The van der Waals surface area contributed by atoms with E-state index in [-0.39, 0.29) is 23.7 Å². The molecule has 0 bridgehead atoms. The minimum Gasteiger partial charge on any atom is -0.376 e. The van der Waals surface area contributed by atoms with Gasteiger partial charge in [-0.2, -0.15) is 0 Å². The zero-order valence-electron chi connectivity index (χ0n) is 17.4. The van der Waals surface area contributed by atoms with E-state index in [1.807, 2.05) is 16.1 Å². The van der Waals surface area contributed by atoms with Gasteiger partial charge < -0.3 is 4.74 Å². The highest BCUT2D eigenvalue weighted by atomic mass is 32.2. The van der Waals surface area contributed by atoms with Crippen molar-refractivity contribution in [3.63, 3.8) is 0 Å². The molecular weight excluding hydrogens is 440 g/mol. The zero-order chi connectivity index (χ0) is 21.1. The Morgan fingerprint density at radius 3 is 2.90 bits per heavy atom. The van der Waals surface area contributed by atoms with Gasteiger partial charge in [0.1, 0.15) is 0 Å². The van der Waals surface area contributed by atoms with E-state index in [4.69, 9.17) is 22.1 Å². The summed E-state index contributed by atoms with van der Waals surface area (Å²) in [6, 6.07) is 4.13. The molecule has 2 saturated heterocycles. The summed E-state index contributed by atoms with van der Waals surface area (Å²) in [7, 11) is -2.94. The smallest absolute Gasteiger partial charge is 0.199 e. The molecule has 0 saturated carbocycles. The van der Waals surface area contributed by atoms with Crippen LogP contribution < -0.4 is 0 Å². The summed E-state index contributed by atoms with van der Waals surface area (Å²) in [6.07, 6.45) is 5.08. The summed E-state index contributed by atoms with van der Waals surface area (Å²) < 4.78 is 34.6. The van der Waals surface area contributed by atoms with Crippen molar-refractivity contribution in [3.8, 4) is 10.7 Å². The van der Waals surface area contributed by atoms with Crippen molar-refractivity contribution >= 4 is 33.4 Å². The first-order chi connectivity index (χ1) is 14.5. The first-order valence-corrected chi connectivity index (χ1v) is 13.9. The highest BCUT2D eigenvalue weighted by molar-refractivity contribution is 7.91. The van der Waals surface area contributed by atoms with E-state index in [9.17, 15) is 8.42 Å². The van der Waals surface area contributed by atoms with Gasteiger partial charge in [-0.15, -0.1) is 16.4 Å². The van der Waals surface area contributed by atoms with Crippen LogP contribution in [0.3, 0.4) is 0 Å². The van der Waals surface area contributed by atoms with E-state index in [1.165, 1.54) is 0 Å². The van der Waals surface area contributed by atoms with Gasteiger partial charge in [-0.05, 0) is 49.3 Å². The van der Waals surface area contributed by atoms with Crippen molar-refractivity contribution in [1.29, 1.82) is 0 Å². The molecule has 0 N–H and O–H groups in total. The molecule has 0 amide bonds. The fraction of sp³-hybridized carbons (Fsp3) is 0.700. The highest BCUT2D eigenvalue weighted by Crippen LogP contribution is 2.26. The van der Waals surface area contributed by atoms with Crippen LogP contribution in [0.1, 0.15) is 39.0 Å². The molecule has 2 aromatic heterocycles. The van der Waals surface area contributed by atoms with Crippen LogP contribution in [0.4, 0.5) is 0 Å². The number of ether oxygens (including phenoxy) is 1. The molecule has 10 heteroatoms. The summed E-state index contributed by atoms with van der Waals surface area (Å²) in [6.45, 7) is 5.04. The fourth-order valence-corrected chi connectivity index (χ4v) is 6.98. The lowest BCUT2D eigenvalue weighted by atomic mass is 10.2. The molecule has 2 fully saturated rings. The maximum atomic E-state index is 12.1. The van der Waals surface area contributed by atoms with E-state index in [0.29, 0.717) is 24.4 Å². The summed E-state index contributed by atoms with van der Waals surface area (Å²) in [5.74, 6) is 1.39. The van der Waals surface area contributed by atoms with Crippen molar-refractivity contribution < 1.29 is 13.2 Å². The topological polar surface area (TPSA) is 69.4 Å². The number of sulfone groups is 1. The van der Waals surface area contributed by atoms with Gasteiger partial charge >= 0.3 is 0 Å². The molecule has 0 aliphatic carbocycles. The molecule has 2 aliphatic heterocycles. The molecule has 4 heterocycles. The average molecular weight is 471 g/mol. The lowest BCUT2D eigenvalue weighted by molar-refractivity contribution is 0.0964. The third-order valence-electron chi connectivity index (χ3n) is 5.91. The Balaban J connectivity index is 1.62. The van der Waals surface area contributed by atoms with Gasteiger partial charge in [-0.3, -0.25) is 9.47 Å². The van der Waals surface area contributed by atoms with Gasteiger partial charge in [0.05, 0.1) is 35.7 Å². The van der Waals surface area contributed by atoms with E-state index in [0.717, 1.165) is 49.5 Å². The number of thiophene rings is 1. The highest BCUT2D eigenvalue weighted by Gasteiger charge is 2.32. The molecule has 4 rings (SSSR count). The molecule has 0 aromatic carbocycles. The molecule has 166 valence electrons. The average Bonchev–Trinajstić information content (AvgIpc) is 3.50. The minimum atomic E-state index is -2.94. The van der Waals surface area contributed by atoms with Crippen molar-refractivity contribution in [2.75, 3.05) is 24.7 Å². The molecule has 0 radical (unpaired) electrons. The molecule has 2 unspecified atom stereocenters. The summed E-state index contributed by atoms with van der Waals surface area (Å²) in [5.41, 5.74) is 0. The maximum Gasteiger partial charge on any atom is 0.199 e. The van der Waals surface area contributed by atoms with Crippen LogP contribution in [0.15, 0.2) is 17.5 Å². The zero-order valence-corrected chi connectivity index (χ0v) is 19.9. The number of nitrogens with zero attached hydrogens (tertiary/aromatic N) is 4. The van der Waals surface area contributed by atoms with Crippen LogP contribution in [0.5, 0.6) is 0 Å². The minimum absolute atomic E-state index is 0.0388. The van der Waals surface area contributed by atoms with E-state index in [1.54, 1.807) is 11.3 Å². The number of aromatic nitrogens is 3. The van der Waals surface area contributed by atoms with Crippen molar-refractivity contribution in [3.05, 3.63) is 22.3 Å². The largest absolute Gasteiger partial charge is 0.376 e. The number of unbranched alkanes of at least 4 members (excludes halogenated alkanes) is 1. The van der Waals surface area contributed by atoms with Crippen molar-refractivity contribution in [1.82, 2.24) is 19.2 Å². The third-order valence-corrected chi connectivity index (χ3v) is 8.96. The lowest BCUT2D eigenvalue weighted by Gasteiger charge is -2.27. The second kappa shape index (κ2) is 9.60. The second-order valence-corrected chi connectivity index (χ2v) is 11.7. The molecule has 2 atom stereocenters. The Morgan fingerprint density at radius 1 is 1.40 bits per heavy atom. The number of rotatable bonds is 9. The Bertz CT molecular complexity index is 991. The molecule has 0 spiro atoms. The van der Waals surface area contributed by atoms with Gasteiger partial charge in [0, 0.05) is 19.2 Å². The lowest BCUT2D eigenvalue weighted by Crippen LogP contribution is -2.38. The predicted molar refractivity (Wildman–Crippen MR) is 122 cm³/mol. The van der Waals surface area contributed by atoms with E-state index >= 15 is 0 Å². The SMILES string of the molecule is CCCCN(Cn1nc(-c2cccs2)n(CC2CCCO2)c1=S)C1CCS(=O)(=O)C1. The summed E-state index contributed by atoms with van der Waals surface area (Å²) in [5, 5.41) is 6.94. The normalized spacial score (nSPS) is 23.5. The number of hydrogen-bond donors (Lipinski definition) is 0. The quantitative estimate of drug-likeness (QED) is 0.522. The maximum absolute atomic E-state index is 12.1. The van der Waals surface area contributed by atoms with Crippen LogP contribution >= 0.6 is 23.6 Å². The van der Waals surface area contributed by atoms with Crippen molar-refractivity contribution in [2.45, 2.75) is 64.4 Å². The first kappa shape index (κ1) is 22.1. The van der Waals surface area contributed by atoms with Gasteiger partial charge in [0.15, 0.2) is 20.4 Å². The number of hydrogen-bond acceptors (Lipinski definition) is 7. The fourth-order valence-electron chi connectivity index (χ4n) is 4.24. The monoisotopic (exact) mass is 470 g/mol. The van der Waals surface area contributed by atoms with Gasteiger partial charge in [-0.25, -0.2) is 13.1 Å². The third kappa shape index (κ3) is 5.04. The van der Waals surface area contributed by atoms with Crippen LogP contribution in [0.2, 0.25) is 0 Å². The molecule has 30 heavy (non-hydrogen) atoms. The first-order valence-electron chi connectivity index (χ1n) is 10.7. The summed E-state index contributed by atoms with van der Waals surface area (Å²) in [4.78, 5) is 3.34. The van der Waals surface area contributed by atoms with Crippen LogP contribution in [0.25, 0.3) is 10.7 Å². The Labute approximate surface area is 187 Å². The molecule has 7 nitrogen and oxygen atoms in total. The van der Waals surface area contributed by atoms with E-state index in [2.05, 4.69) is 22.5 Å². The van der Waals surface area contributed by atoms with Crippen molar-refractivity contribution in [2.24, 2.45) is 0 Å². The van der Waals surface area contributed by atoms with Crippen LogP contribution in [-0.2, 0) is 27.8 Å². The Morgan fingerprint density at radius 2 is 2.27 bits per heavy atom.